The van der Waals surface area contributed by atoms with Crippen LogP contribution in [0, 0.1) is 0 Å². The summed E-state index contributed by atoms with van der Waals surface area (Å²) in [6.45, 7) is 2.23. The number of benzene rings is 1. The zero-order chi connectivity index (χ0) is 15.6. The molecule has 0 atom stereocenters. The fraction of sp³-hybridized carbons (Fsp3) is 0.647. The van der Waals surface area contributed by atoms with Crippen LogP contribution in [-0.2, 0) is 11.0 Å². The van der Waals surface area contributed by atoms with Crippen LogP contribution in [0.2, 0.25) is 0 Å². The molecule has 0 saturated carbocycles. The van der Waals surface area contributed by atoms with Gasteiger partial charge in [0, 0.05) is 0 Å². The van der Waals surface area contributed by atoms with Crippen molar-refractivity contribution >= 4 is 12.9 Å². The molecule has 0 heterocycles. The summed E-state index contributed by atoms with van der Waals surface area (Å²) in [7, 11) is -4.13. The minimum atomic E-state index is -4.13. The lowest BCUT2D eigenvalue weighted by Crippen LogP contribution is -2.10. The van der Waals surface area contributed by atoms with Crippen LogP contribution >= 0.6 is 7.60 Å². The van der Waals surface area contributed by atoms with Gasteiger partial charge in [-0.15, -0.1) is 0 Å². The average molecular weight is 312 g/mol. The van der Waals surface area contributed by atoms with E-state index >= 15 is 0 Å². The lowest BCUT2D eigenvalue weighted by molar-refractivity contribution is 0.387. The van der Waals surface area contributed by atoms with Crippen LogP contribution < -0.4 is 5.30 Å². The Morgan fingerprint density at radius 1 is 0.857 bits per heavy atom. The molecule has 1 aromatic carbocycles. The van der Waals surface area contributed by atoms with Crippen LogP contribution in [0.5, 0.6) is 0 Å². The van der Waals surface area contributed by atoms with Gasteiger partial charge in [-0.25, -0.2) is 0 Å². The number of rotatable bonds is 11. The van der Waals surface area contributed by atoms with Crippen molar-refractivity contribution in [2.45, 2.75) is 71.1 Å². The van der Waals surface area contributed by atoms with E-state index in [1.807, 2.05) is 12.1 Å². The predicted octanol–water partition coefficient (Wildman–Crippen LogP) is 4.56. The highest BCUT2D eigenvalue weighted by molar-refractivity contribution is 7.60. The van der Waals surface area contributed by atoms with Gasteiger partial charge in [0.2, 0.25) is 0 Å². The Morgan fingerprint density at radius 2 is 1.38 bits per heavy atom. The second-order valence-electron chi connectivity index (χ2n) is 5.75. The molecule has 21 heavy (non-hydrogen) atoms. The summed E-state index contributed by atoms with van der Waals surface area (Å²) in [6, 6.07) is 6.92. The van der Waals surface area contributed by atoms with Crippen LogP contribution in [0.15, 0.2) is 24.3 Å². The summed E-state index contributed by atoms with van der Waals surface area (Å²) in [5, 5.41) is 0.199. The van der Waals surface area contributed by atoms with Crippen LogP contribution in [0.25, 0.3) is 0 Å². The maximum Gasteiger partial charge on any atom is 0.356 e. The molecule has 4 heteroatoms. The summed E-state index contributed by atoms with van der Waals surface area (Å²) in [5.41, 5.74) is 0.800. The van der Waals surface area contributed by atoms with E-state index in [4.69, 9.17) is 0 Å². The molecule has 0 radical (unpaired) electrons. The van der Waals surface area contributed by atoms with E-state index in [0.29, 0.717) is 0 Å². The Labute approximate surface area is 128 Å². The lowest BCUT2D eigenvalue weighted by Gasteiger charge is -2.10. The first kappa shape index (κ1) is 18.4. The molecule has 0 aromatic heterocycles. The topological polar surface area (TPSA) is 57.5 Å². The SMILES string of the molecule is CCCCCCCCCCCc1ccccc1P(=O)(O)O. The molecule has 120 valence electrons. The zero-order valence-corrected chi connectivity index (χ0v) is 14.0. The van der Waals surface area contributed by atoms with E-state index in [0.717, 1.165) is 24.8 Å². The van der Waals surface area contributed by atoms with Gasteiger partial charge in [-0.05, 0) is 24.5 Å². The molecule has 2 N–H and O–H groups in total. The molecule has 0 spiro atoms. The van der Waals surface area contributed by atoms with Crippen LogP contribution in [0.3, 0.4) is 0 Å². The number of aryl methyl sites for hydroxylation is 1. The van der Waals surface area contributed by atoms with Crippen molar-refractivity contribution in [2.75, 3.05) is 0 Å². The number of hydrogen-bond acceptors (Lipinski definition) is 1. The van der Waals surface area contributed by atoms with E-state index in [2.05, 4.69) is 6.92 Å². The summed E-state index contributed by atoms with van der Waals surface area (Å²) in [4.78, 5) is 18.6. The van der Waals surface area contributed by atoms with E-state index < -0.39 is 7.60 Å². The highest BCUT2D eigenvalue weighted by Crippen LogP contribution is 2.34. The Kier molecular flexibility index (Phi) is 8.91. The van der Waals surface area contributed by atoms with Crippen molar-refractivity contribution in [2.24, 2.45) is 0 Å². The van der Waals surface area contributed by atoms with Crippen molar-refractivity contribution in [3.63, 3.8) is 0 Å². The Balaban J connectivity index is 2.20. The van der Waals surface area contributed by atoms with Crippen molar-refractivity contribution < 1.29 is 14.4 Å². The quantitative estimate of drug-likeness (QED) is 0.465. The largest absolute Gasteiger partial charge is 0.356 e. The molecular weight excluding hydrogens is 283 g/mol. The van der Waals surface area contributed by atoms with Crippen LogP contribution in [-0.4, -0.2) is 9.79 Å². The number of hydrogen-bond donors (Lipinski definition) is 2. The fourth-order valence-corrected chi connectivity index (χ4v) is 3.47. The summed E-state index contributed by atoms with van der Waals surface area (Å²) in [6.07, 6.45) is 12.1. The minimum absolute atomic E-state index is 0.199. The van der Waals surface area contributed by atoms with Gasteiger partial charge in [0.1, 0.15) is 0 Å². The van der Waals surface area contributed by atoms with E-state index in [-0.39, 0.29) is 5.30 Å². The standard InChI is InChI=1S/C17H29O3P/c1-2-3-4-5-6-7-8-9-10-13-16-14-11-12-15-17(16)21(18,19)20/h11-12,14-15H,2-10,13H2,1H3,(H2,18,19,20). The van der Waals surface area contributed by atoms with Crippen molar-refractivity contribution in [1.29, 1.82) is 0 Å². The van der Waals surface area contributed by atoms with Gasteiger partial charge in [-0.2, -0.15) is 0 Å². The molecule has 0 aliphatic rings. The highest BCUT2D eigenvalue weighted by atomic mass is 31.2. The van der Waals surface area contributed by atoms with Crippen molar-refractivity contribution in [1.82, 2.24) is 0 Å². The third-order valence-electron chi connectivity index (χ3n) is 3.86. The number of unbranched alkanes of at least 4 members (excludes halogenated alkanes) is 8. The molecule has 0 aliphatic carbocycles. The summed E-state index contributed by atoms with van der Waals surface area (Å²) >= 11 is 0. The van der Waals surface area contributed by atoms with E-state index in [1.165, 1.54) is 44.9 Å². The third-order valence-corrected chi connectivity index (χ3v) is 4.92. The maximum absolute atomic E-state index is 11.4. The average Bonchev–Trinajstić information content (AvgIpc) is 2.45. The van der Waals surface area contributed by atoms with Crippen molar-refractivity contribution in [3.8, 4) is 0 Å². The molecule has 0 aliphatic heterocycles. The van der Waals surface area contributed by atoms with Gasteiger partial charge in [0.25, 0.3) is 0 Å². The molecule has 3 nitrogen and oxygen atoms in total. The normalized spacial score (nSPS) is 11.8. The van der Waals surface area contributed by atoms with Gasteiger partial charge in [0.05, 0.1) is 5.30 Å². The zero-order valence-electron chi connectivity index (χ0n) is 13.1. The molecule has 0 unspecified atom stereocenters. The first-order valence-electron chi connectivity index (χ1n) is 8.19. The lowest BCUT2D eigenvalue weighted by atomic mass is 10.0. The van der Waals surface area contributed by atoms with Gasteiger partial charge in [-0.3, -0.25) is 4.57 Å². The second-order valence-corrected chi connectivity index (χ2v) is 7.32. The predicted molar refractivity (Wildman–Crippen MR) is 89.1 cm³/mol. The first-order chi connectivity index (χ1) is 10.1. The Hall–Kier alpha value is -0.630. The molecule has 0 bridgehead atoms. The van der Waals surface area contributed by atoms with Gasteiger partial charge >= 0.3 is 7.60 Å². The van der Waals surface area contributed by atoms with Crippen LogP contribution in [0.4, 0.5) is 0 Å². The van der Waals surface area contributed by atoms with E-state index in [1.54, 1.807) is 12.1 Å². The Morgan fingerprint density at radius 3 is 1.95 bits per heavy atom. The van der Waals surface area contributed by atoms with Gasteiger partial charge in [-0.1, -0.05) is 76.5 Å². The minimum Gasteiger partial charge on any atom is -0.321 e. The molecule has 1 rings (SSSR count). The monoisotopic (exact) mass is 312 g/mol. The molecule has 0 amide bonds. The highest BCUT2D eigenvalue weighted by Gasteiger charge is 2.20. The maximum atomic E-state index is 11.4. The van der Waals surface area contributed by atoms with Crippen LogP contribution in [0.1, 0.15) is 70.3 Å². The second kappa shape index (κ2) is 10.2. The smallest absolute Gasteiger partial charge is 0.321 e. The molecule has 0 fully saturated rings. The van der Waals surface area contributed by atoms with E-state index in [9.17, 15) is 14.4 Å². The fourth-order valence-electron chi connectivity index (χ4n) is 2.63. The first-order valence-corrected chi connectivity index (χ1v) is 9.81. The Bertz CT molecular complexity index is 439. The van der Waals surface area contributed by atoms with Gasteiger partial charge in [0.15, 0.2) is 0 Å². The molecule has 0 saturated heterocycles. The third kappa shape index (κ3) is 7.80. The van der Waals surface area contributed by atoms with Gasteiger partial charge < -0.3 is 9.79 Å². The summed E-state index contributed by atoms with van der Waals surface area (Å²) in [5.74, 6) is 0. The summed E-state index contributed by atoms with van der Waals surface area (Å²) < 4.78 is 11.4. The molecule has 1 aromatic rings. The van der Waals surface area contributed by atoms with Crippen molar-refractivity contribution in [3.05, 3.63) is 29.8 Å². The molecular formula is C17H29O3P.